The summed E-state index contributed by atoms with van der Waals surface area (Å²) in [6.07, 6.45) is 7.82. The lowest BCUT2D eigenvalue weighted by Crippen LogP contribution is -2.41. The van der Waals surface area contributed by atoms with Gasteiger partial charge in [0.05, 0.1) is 6.61 Å². The van der Waals surface area contributed by atoms with Gasteiger partial charge in [0.2, 0.25) is 0 Å². The number of rotatable bonds is 1. The third-order valence-electron chi connectivity index (χ3n) is 3.26. The molecule has 0 radical (unpaired) electrons. The fourth-order valence-electron chi connectivity index (χ4n) is 1.93. The number of hydrogen-bond donors (Lipinski definition) is 0. The van der Waals surface area contributed by atoms with E-state index in [4.69, 9.17) is 4.74 Å². The topological polar surface area (TPSA) is 12.5 Å². The van der Waals surface area contributed by atoms with E-state index in [1.807, 2.05) is 0 Å². The standard InChI is InChI=1S/C12H18BrNO/c1-12(2)8-15-11(14(12)3)9-4-6-10(13)7-5-9/h4-6,10-11H,7-8H2,1-3H3. The Morgan fingerprint density at radius 1 is 1.53 bits per heavy atom. The molecule has 0 aromatic heterocycles. The van der Waals surface area contributed by atoms with Crippen LogP contribution in [0.15, 0.2) is 23.8 Å². The van der Waals surface area contributed by atoms with E-state index in [-0.39, 0.29) is 11.8 Å². The van der Waals surface area contributed by atoms with Crippen molar-refractivity contribution in [1.82, 2.24) is 4.90 Å². The molecule has 0 N–H and O–H groups in total. The Bertz CT molecular complexity index is 309. The molecule has 0 spiro atoms. The number of likely N-dealkylation sites (N-methyl/N-ethyl adjacent to an activating group) is 1. The summed E-state index contributed by atoms with van der Waals surface area (Å²) in [6.45, 7) is 5.23. The zero-order valence-corrected chi connectivity index (χ0v) is 11.1. The molecule has 84 valence electrons. The Balaban J connectivity index is 2.11. The summed E-state index contributed by atoms with van der Waals surface area (Å²) >= 11 is 3.58. The highest BCUT2D eigenvalue weighted by Gasteiger charge is 2.38. The number of ether oxygens (including phenoxy) is 1. The number of nitrogens with zero attached hydrogens (tertiary/aromatic N) is 1. The van der Waals surface area contributed by atoms with Crippen molar-refractivity contribution in [3.05, 3.63) is 23.8 Å². The van der Waals surface area contributed by atoms with Crippen molar-refractivity contribution >= 4 is 15.9 Å². The van der Waals surface area contributed by atoms with Crippen molar-refractivity contribution in [2.45, 2.75) is 36.9 Å². The molecule has 0 amide bonds. The second-order valence-corrected chi connectivity index (χ2v) is 6.08. The molecule has 2 rings (SSSR count). The van der Waals surface area contributed by atoms with E-state index < -0.39 is 0 Å². The molecule has 0 bridgehead atoms. The fourth-order valence-corrected chi connectivity index (χ4v) is 2.27. The predicted molar refractivity (Wildman–Crippen MR) is 66.1 cm³/mol. The largest absolute Gasteiger partial charge is 0.357 e. The highest BCUT2D eigenvalue weighted by Crippen LogP contribution is 2.31. The maximum absolute atomic E-state index is 5.85. The summed E-state index contributed by atoms with van der Waals surface area (Å²) in [4.78, 5) is 2.79. The molecule has 0 aromatic rings. The van der Waals surface area contributed by atoms with E-state index in [2.05, 4.69) is 60.0 Å². The molecule has 1 fully saturated rings. The first-order chi connectivity index (χ1) is 7.00. The number of alkyl halides is 1. The van der Waals surface area contributed by atoms with Crippen LogP contribution in [0.3, 0.4) is 0 Å². The van der Waals surface area contributed by atoms with Crippen LogP contribution in [0.2, 0.25) is 0 Å². The average Bonchev–Trinajstić information content (AvgIpc) is 2.45. The van der Waals surface area contributed by atoms with Gasteiger partial charge < -0.3 is 4.74 Å². The van der Waals surface area contributed by atoms with E-state index in [1.165, 1.54) is 5.57 Å². The quantitative estimate of drug-likeness (QED) is 0.680. The minimum absolute atomic E-state index is 0.135. The Morgan fingerprint density at radius 3 is 2.73 bits per heavy atom. The first-order valence-electron chi connectivity index (χ1n) is 5.37. The Morgan fingerprint density at radius 2 is 2.27 bits per heavy atom. The summed E-state index contributed by atoms with van der Waals surface area (Å²) in [6, 6.07) is 0. The van der Waals surface area contributed by atoms with Crippen LogP contribution >= 0.6 is 15.9 Å². The van der Waals surface area contributed by atoms with Gasteiger partial charge in [-0.2, -0.15) is 0 Å². The second-order valence-electron chi connectivity index (χ2n) is 4.90. The second kappa shape index (κ2) is 4.04. The van der Waals surface area contributed by atoms with E-state index >= 15 is 0 Å². The van der Waals surface area contributed by atoms with E-state index in [0.717, 1.165) is 13.0 Å². The van der Waals surface area contributed by atoms with Gasteiger partial charge in [-0.25, -0.2) is 0 Å². The maximum Gasteiger partial charge on any atom is 0.136 e. The third-order valence-corrected chi connectivity index (χ3v) is 3.94. The molecule has 15 heavy (non-hydrogen) atoms. The number of allylic oxidation sites excluding steroid dienone is 2. The normalized spacial score (nSPS) is 35.6. The van der Waals surface area contributed by atoms with Crippen LogP contribution in [-0.2, 0) is 4.74 Å². The SMILES string of the molecule is CN1C(C2=CCC(Br)C=C2)OCC1(C)C. The molecule has 2 unspecified atom stereocenters. The molecule has 3 heteroatoms. The Labute approximate surface area is 100 Å². The van der Waals surface area contributed by atoms with Gasteiger partial charge in [-0.1, -0.05) is 34.2 Å². The first kappa shape index (κ1) is 11.4. The van der Waals surface area contributed by atoms with Crippen LogP contribution < -0.4 is 0 Å². The summed E-state index contributed by atoms with van der Waals surface area (Å²) < 4.78 is 5.85. The van der Waals surface area contributed by atoms with Crippen molar-refractivity contribution in [2.75, 3.05) is 13.7 Å². The summed E-state index contributed by atoms with van der Waals surface area (Å²) in [5, 5.41) is 0. The van der Waals surface area contributed by atoms with Gasteiger partial charge in [0.25, 0.3) is 0 Å². The van der Waals surface area contributed by atoms with Crippen LogP contribution in [0.25, 0.3) is 0 Å². The van der Waals surface area contributed by atoms with Crippen LogP contribution in [-0.4, -0.2) is 35.1 Å². The van der Waals surface area contributed by atoms with Gasteiger partial charge in [0.1, 0.15) is 6.23 Å². The highest BCUT2D eigenvalue weighted by atomic mass is 79.9. The summed E-state index contributed by atoms with van der Waals surface area (Å²) in [5.74, 6) is 0. The lowest BCUT2D eigenvalue weighted by Gasteiger charge is -2.30. The van der Waals surface area contributed by atoms with Crippen LogP contribution in [0.1, 0.15) is 20.3 Å². The van der Waals surface area contributed by atoms with Crippen molar-refractivity contribution in [1.29, 1.82) is 0 Å². The van der Waals surface area contributed by atoms with Crippen molar-refractivity contribution in [2.24, 2.45) is 0 Å². The number of hydrogen-bond acceptors (Lipinski definition) is 2. The van der Waals surface area contributed by atoms with Crippen molar-refractivity contribution < 1.29 is 4.74 Å². The van der Waals surface area contributed by atoms with Gasteiger partial charge in [0, 0.05) is 10.4 Å². The van der Waals surface area contributed by atoms with Gasteiger partial charge in [-0.05, 0) is 32.9 Å². The van der Waals surface area contributed by atoms with E-state index in [1.54, 1.807) is 0 Å². The molecule has 1 heterocycles. The minimum atomic E-state index is 0.135. The minimum Gasteiger partial charge on any atom is -0.357 e. The molecule has 0 saturated carbocycles. The van der Waals surface area contributed by atoms with E-state index in [9.17, 15) is 0 Å². The van der Waals surface area contributed by atoms with Gasteiger partial charge >= 0.3 is 0 Å². The van der Waals surface area contributed by atoms with Gasteiger partial charge in [-0.3, -0.25) is 4.90 Å². The molecular formula is C12H18BrNO. The van der Waals surface area contributed by atoms with Crippen molar-refractivity contribution in [3.63, 3.8) is 0 Å². The van der Waals surface area contributed by atoms with Gasteiger partial charge in [0.15, 0.2) is 0 Å². The zero-order chi connectivity index (χ0) is 11.1. The van der Waals surface area contributed by atoms with Gasteiger partial charge in [-0.15, -0.1) is 0 Å². The van der Waals surface area contributed by atoms with Crippen LogP contribution in [0, 0.1) is 0 Å². The lowest BCUT2D eigenvalue weighted by molar-refractivity contribution is 0.0745. The summed E-state index contributed by atoms with van der Waals surface area (Å²) in [5.41, 5.74) is 1.43. The molecule has 1 aliphatic heterocycles. The predicted octanol–water partition coefficient (Wildman–Crippen LogP) is 2.70. The molecular weight excluding hydrogens is 254 g/mol. The summed E-state index contributed by atoms with van der Waals surface area (Å²) in [7, 11) is 2.13. The number of halogens is 1. The third kappa shape index (κ3) is 2.19. The smallest absolute Gasteiger partial charge is 0.136 e. The molecule has 1 saturated heterocycles. The van der Waals surface area contributed by atoms with Crippen LogP contribution in [0.4, 0.5) is 0 Å². The van der Waals surface area contributed by atoms with Crippen molar-refractivity contribution in [3.8, 4) is 0 Å². The molecule has 0 aromatic carbocycles. The molecule has 1 aliphatic carbocycles. The molecule has 2 nitrogen and oxygen atoms in total. The monoisotopic (exact) mass is 271 g/mol. The highest BCUT2D eigenvalue weighted by molar-refractivity contribution is 9.09. The lowest BCUT2D eigenvalue weighted by atomic mass is 10.0. The molecule has 2 aliphatic rings. The average molecular weight is 272 g/mol. The Kier molecular flexibility index (Phi) is 3.06. The fraction of sp³-hybridized carbons (Fsp3) is 0.667. The zero-order valence-electron chi connectivity index (χ0n) is 9.53. The maximum atomic E-state index is 5.85. The van der Waals surface area contributed by atoms with Crippen LogP contribution in [0.5, 0.6) is 0 Å². The van der Waals surface area contributed by atoms with E-state index in [0.29, 0.717) is 4.83 Å². The molecule has 2 atom stereocenters. The first-order valence-corrected chi connectivity index (χ1v) is 6.29. The Hall–Kier alpha value is -0.120.